The van der Waals surface area contributed by atoms with E-state index in [4.69, 9.17) is 5.73 Å². The van der Waals surface area contributed by atoms with Crippen LogP contribution >= 0.6 is 0 Å². The van der Waals surface area contributed by atoms with Crippen molar-refractivity contribution >= 4 is 17.3 Å². The molecule has 1 aliphatic heterocycles. The van der Waals surface area contributed by atoms with Gasteiger partial charge in [0.25, 0.3) is 0 Å². The molecule has 0 saturated carbocycles. The van der Waals surface area contributed by atoms with Crippen molar-refractivity contribution in [3.8, 4) is 0 Å². The van der Waals surface area contributed by atoms with Crippen molar-refractivity contribution in [1.82, 2.24) is 5.32 Å². The Morgan fingerprint density at radius 2 is 2.16 bits per heavy atom. The SMILES string of the molecule is CC(=O)NCC1CCN(c2cc(F)ccc2N)CC1. The maximum atomic E-state index is 13.3. The standard InChI is InChI=1S/C14H20FN3O/c1-10(19)17-9-11-4-6-18(7-5-11)14-8-12(15)2-3-13(14)16/h2-3,8,11H,4-7,9,16H2,1H3,(H,17,19). The van der Waals surface area contributed by atoms with E-state index >= 15 is 0 Å². The summed E-state index contributed by atoms with van der Waals surface area (Å²) < 4.78 is 13.3. The van der Waals surface area contributed by atoms with Crippen LogP contribution in [0.2, 0.25) is 0 Å². The fourth-order valence-electron chi connectivity index (χ4n) is 2.46. The lowest BCUT2D eigenvalue weighted by molar-refractivity contribution is -0.119. The molecule has 1 fully saturated rings. The summed E-state index contributed by atoms with van der Waals surface area (Å²) in [7, 11) is 0. The van der Waals surface area contributed by atoms with E-state index in [-0.39, 0.29) is 11.7 Å². The fraction of sp³-hybridized carbons (Fsp3) is 0.500. The van der Waals surface area contributed by atoms with Crippen LogP contribution < -0.4 is 16.0 Å². The smallest absolute Gasteiger partial charge is 0.216 e. The summed E-state index contributed by atoms with van der Waals surface area (Å²) in [5, 5.41) is 2.85. The third-order valence-corrected chi connectivity index (χ3v) is 3.59. The Bertz CT molecular complexity index is 456. The molecule has 4 nitrogen and oxygen atoms in total. The lowest BCUT2D eigenvalue weighted by atomic mass is 9.96. The zero-order valence-corrected chi connectivity index (χ0v) is 11.2. The number of nitrogens with one attached hydrogen (secondary N) is 1. The topological polar surface area (TPSA) is 58.4 Å². The molecule has 104 valence electrons. The second kappa shape index (κ2) is 5.91. The minimum absolute atomic E-state index is 0.0109. The highest BCUT2D eigenvalue weighted by Gasteiger charge is 2.21. The number of nitrogen functional groups attached to an aromatic ring is 1. The molecule has 1 amide bonds. The number of amides is 1. The van der Waals surface area contributed by atoms with Crippen LogP contribution in [-0.4, -0.2) is 25.5 Å². The molecule has 1 saturated heterocycles. The summed E-state index contributed by atoms with van der Waals surface area (Å²) in [4.78, 5) is 13.0. The third-order valence-electron chi connectivity index (χ3n) is 3.59. The predicted molar refractivity (Wildman–Crippen MR) is 74.4 cm³/mol. The van der Waals surface area contributed by atoms with Crippen LogP contribution in [0, 0.1) is 11.7 Å². The predicted octanol–water partition coefficient (Wildman–Crippen LogP) is 1.76. The van der Waals surface area contributed by atoms with E-state index in [0.29, 0.717) is 11.6 Å². The van der Waals surface area contributed by atoms with Crippen molar-refractivity contribution in [3.63, 3.8) is 0 Å². The van der Waals surface area contributed by atoms with Crippen LogP contribution in [0.25, 0.3) is 0 Å². The number of benzene rings is 1. The Kier molecular flexibility index (Phi) is 4.24. The van der Waals surface area contributed by atoms with E-state index in [2.05, 4.69) is 10.2 Å². The van der Waals surface area contributed by atoms with E-state index in [0.717, 1.165) is 38.2 Å². The molecule has 1 aromatic carbocycles. The molecule has 19 heavy (non-hydrogen) atoms. The lowest BCUT2D eigenvalue weighted by Crippen LogP contribution is -2.38. The average molecular weight is 265 g/mol. The molecular weight excluding hydrogens is 245 g/mol. The first kappa shape index (κ1) is 13.6. The molecule has 1 aromatic rings. The van der Waals surface area contributed by atoms with E-state index in [1.165, 1.54) is 19.1 Å². The lowest BCUT2D eigenvalue weighted by Gasteiger charge is -2.34. The quantitative estimate of drug-likeness (QED) is 0.819. The van der Waals surface area contributed by atoms with Gasteiger partial charge in [-0.1, -0.05) is 0 Å². The number of carbonyl (C=O) groups is 1. The van der Waals surface area contributed by atoms with Crippen LogP contribution in [0.4, 0.5) is 15.8 Å². The van der Waals surface area contributed by atoms with Crippen LogP contribution in [0.5, 0.6) is 0 Å². The molecule has 0 aromatic heterocycles. The van der Waals surface area contributed by atoms with E-state index in [9.17, 15) is 9.18 Å². The molecule has 0 atom stereocenters. The summed E-state index contributed by atoms with van der Waals surface area (Å²) in [6, 6.07) is 4.47. The van der Waals surface area contributed by atoms with Gasteiger partial charge in [-0.25, -0.2) is 4.39 Å². The van der Waals surface area contributed by atoms with Gasteiger partial charge in [-0.05, 0) is 37.0 Å². The molecule has 0 radical (unpaired) electrons. The third kappa shape index (κ3) is 3.59. The highest BCUT2D eigenvalue weighted by Crippen LogP contribution is 2.28. The summed E-state index contributed by atoms with van der Waals surface area (Å²) >= 11 is 0. The van der Waals surface area contributed by atoms with Gasteiger partial charge in [0.15, 0.2) is 0 Å². The fourth-order valence-corrected chi connectivity index (χ4v) is 2.46. The number of piperidine rings is 1. The van der Waals surface area contributed by atoms with Crippen LogP contribution in [0.15, 0.2) is 18.2 Å². The van der Waals surface area contributed by atoms with Crippen LogP contribution in [0.1, 0.15) is 19.8 Å². The van der Waals surface area contributed by atoms with E-state index < -0.39 is 0 Å². The number of nitrogens with zero attached hydrogens (tertiary/aromatic N) is 1. The van der Waals surface area contributed by atoms with Gasteiger partial charge >= 0.3 is 0 Å². The number of anilines is 2. The van der Waals surface area contributed by atoms with Crippen molar-refractivity contribution in [2.24, 2.45) is 5.92 Å². The molecule has 1 heterocycles. The number of hydrogen-bond acceptors (Lipinski definition) is 3. The molecule has 1 aliphatic rings. The Balaban J connectivity index is 1.92. The van der Waals surface area contributed by atoms with E-state index in [1.54, 1.807) is 6.07 Å². The summed E-state index contributed by atoms with van der Waals surface area (Å²) in [5.41, 5.74) is 7.28. The molecular formula is C14H20FN3O. The normalized spacial score (nSPS) is 16.4. The van der Waals surface area contributed by atoms with Crippen LogP contribution in [-0.2, 0) is 4.79 Å². The highest BCUT2D eigenvalue weighted by molar-refractivity contribution is 5.72. The van der Waals surface area contributed by atoms with Gasteiger partial charge in [-0.2, -0.15) is 0 Å². The number of halogens is 1. The molecule has 3 N–H and O–H groups in total. The Morgan fingerprint density at radius 3 is 2.79 bits per heavy atom. The second-order valence-electron chi connectivity index (χ2n) is 5.07. The minimum Gasteiger partial charge on any atom is -0.397 e. The van der Waals surface area contributed by atoms with Crippen molar-refractivity contribution in [2.45, 2.75) is 19.8 Å². The first-order chi connectivity index (χ1) is 9.06. The van der Waals surface area contributed by atoms with Crippen LogP contribution in [0.3, 0.4) is 0 Å². The summed E-state index contributed by atoms with van der Waals surface area (Å²) in [6.07, 6.45) is 1.96. The first-order valence-electron chi connectivity index (χ1n) is 6.60. The van der Waals surface area contributed by atoms with Gasteiger partial charge in [0.05, 0.1) is 11.4 Å². The second-order valence-corrected chi connectivity index (χ2v) is 5.07. The maximum absolute atomic E-state index is 13.3. The van der Waals surface area contributed by atoms with Gasteiger partial charge in [0, 0.05) is 26.6 Å². The van der Waals surface area contributed by atoms with Gasteiger partial charge in [0.2, 0.25) is 5.91 Å². The molecule has 2 rings (SSSR count). The molecule has 0 spiro atoms. The largest absolute Gasteiger partial charge is 0.397 e. The Morgan fingerprint density at radius 1 is 1.47 bits per heavy atom. The average Bonchev–Trinajstić information content (AvgIpc) is 2.40. The first-order valence-corrected chi connectivity index (χ1v) is 6.60. The molecule has 0 bridgehead atoms. The minimum atomic E-state index is -0.260. The Hall–Kier alpha value is -1.78. The number of carbonyl (C=O) groups excluding carboxylic acids is 1. The van der Waals surface area contributed by atoms with Gasteiger partial charge in [-0.3, -0.25) is 4.79 Å². The number of rotatable bonds is 3. The van der Waals surface area contributed by atoms with E-state index in [1.807, 2.05) is 0 Å². The maximum Gasteiger partial charge on any atom is 0.216 e. The van der Waals surface area contributed by atoms with Crippen molar-refractivity contribution in [3.05, 3.63) is 24.0 Å². The zero-order chi connectivity index (χ0) is 13.8. The molecule has 0 unspecified atom stereocenters. The van der Waals surface area contributed by atoms with Gasteiger partial charge in [-0.15, -0.1) is 0 Å². The molecule has 5 heteroatoms. The molecule has 0 aliphatic carbocycles. The summed E-state index contributed by atoms with van der Waals surface area (Å²) in [6.45, 7) is 3.94. The van der Waals surface area contributed by atoms with Gasteiger partial charge in [0.1, 0.15) is 5.82 Å². The van der Waals surface area contributed by atoms with Crippen molar-refractivity contribution < 1.29 is 9.18 Å². The van der Waals surface area contributed by atoms with Crippen molar-refractivity contribution in [2.75, 3.05) is 30.3 Å². The summed E-state index contributed by atoms with van der Waals surface area (Å²) in [5.74, 6) is 0.247. The van der Waals surface area contributed by atoms with Crippen molar-refractivity contribution in [1.29, 1.82) is 0 Å². The Labute approximate surface area is 112 Å². The van der Waals surface area contributed by atoms with Gasteiger partial charge < -0.3 is 16.0 Å². The monoisotopic (exact) mass is 265 g/mol. The zero-order valence-electron chi connectivity index (χ0n) is 11.2. The number of nitrogens with two attached hydrogens (primary N) is 1. The number of hydrogen-bond donors (Lipinski definition) is 2. The highest BCUT2D eigenvalue weighted by atomic mass is 19.1.